The number of fused-ring (bicyclic) bond motifs is 1. The zero-order valence-corrected chi connectivity index (χ0v) is 14.4. The van der Waals surface area contributed by atoms with Crippen LogP contribution < -0.4 is 11.1 Å². The van der Waals surface area contributed by atoms with Gasteiger partial charge in [0.05, 0.1) is 0 Å². The maximum absolute atomic E-state index is 12.7. The number of carbonyl (C=O) groups is 3. The van der Waals surface area contributed by atoms with Gasteiger partial charge in [-0.2, -0.15) is 0 Å². The molecule has 1 saturated heterocycles. The third-order valence-corrected chi connectivity index (χ3v) is 5.08. The molecule has 0 aromatic heterocycles. The molecule has 0 spiro atoms. The largest absolute Gasteiger partial charge is 0.330 e. The van der Waals surface area contributed by atoms with Crippen LogP contribution >= 0.6 is 0 Å². The summed E-state index contributed by atoms with van der Waals surface area (Å²) in [6.07, 6.45) is 6.00. The van der Waals surface area contributed by atoms with E-state index < -0.39 is 6.04 Å². The van der Waals surface area contributed by atoms with Crippen molar-refractivity contribution in [3.05, 3.63) is 34.9 Å². The second-order valence-corrected chi connectivity index (χ2v) is 6.80. The van der Waals surface area contributed by atoms with Gasteiger partial charge in [0.1, 0.15) is 6.04 Å². The van der Waals surface area contributed by atoms with Gasteiger partial charge in [0.25, 0.3) is 5.91 Å². The van der Waals surface area contributed by atoms with Gasteiger partial charge < -0.3 is 10.6 Å². The second-order valence-electron chi connectivity index (χ2n) is 6.80. The van der Waals surface area contributed by atoms with E-state index in [1.165, 1.54) is 5.56 Å². The molecule has 2 aliphatic heterocycles. The van der Waals surface area contributed by atoms with Crippen molar-refractivity contribution in [1.82, 2.24) is 10.2 Å². The highest BCUT2D eigenvalue weighted by molar-refractivity contribution is 6.05. The molecule has 6 heteroatoms. The number of unbranched alkanes of at least 4 members (excludes halogenated alkanes) is 3. The molecular weight excluding hydrogens is 318 g/mol. The van der Waals surface area contributed by atoms with E-state index in [9.17, 15) is 14.4 Å². The van der Waals surface area contributed by atoms with E-state index in [1.54, 1.807) is 4.90 Å². The third-order valence-electron chi connectivity index (χ3n) is 5.08. The maximum atomic E-state index is 12.7. The van der Waals surface area contributed by atoms with Crippen molar-refractivity contribution in [3.8, 4) is 0 Å². The summed E-state index contributed by atoms with van der Waals surface area (Å²) in [6.45, 7) is 1.19. The highest BCUT2D eigenvalue weighted by Crippen LogP contribution is 2.30. The Hall–Kier alpha value is -2.21. The molecule has 0 bridgehead atoms. The predicted molar refractivity (Wildman–Crippen MR) is 93.7 cm³/mol. The highest BCUT2D eigenvalue weighted by Gasteiger charge is 2.39. The molecule has 1 fully saturated rings. The summed E-state index contributed by atoms with van der Waals surface area (Å²) >= 11 is 0. The minimum atomic E-state index is -0.546. The number of carbonyl (C=O) groups excluding carboxylic acids is 3. The first-order valence-corrected chi connectivity index (χ1v) is 9.07. The van der Waals surface area contributed by atoms with Crippen LogP contribution in [0.15, 0.2) is 18.2 Å². The van der Waals surface area contributed by atoms with Gasteiger partial charge in [-0.3, -0.25) is 19.7 Å². The van der Waals surface area contributed by atoms with Gasteiger partial charge in [-0.05, 0) is 49.4 Å². The topological polar surface area (TPSA) is 92.5 Å². The number of hydrogen-bond acceptors (Lipinski definition) is 4. The fourth-order valence-electron chi connectivity index (χ4n) is 3.70. The van der Waals surface area contributed by atoms with Gasteiger partial charge in [-0.25, -0.2) is 0 Å². The molecule has 0 radical (unpaired) electrons. The number of amides is 3. The van der Waals surface area contributed by atoms with Crippen molar-refractivity contribution in [2.75, 3.05) is 6.54 Å². The van der Waals surface area contributed by atoms with E-state index in [-0.39, 0.29) is 24.1 Å². The first kappa shape index (κ1) is 17.6. The Morgan fingerprint density at radius 2 is 1.92 bits per heavy atom. The lowest BCUT2D eigenvalue weighted by molar-refractivity contribution is -0.136. The summed E-state index contributed by atoms with van der Waals surface area (Å²) in [5.41, 5.74) is 8.44. The lowest BCUT2D eigenvalue weighted by Crippen LogP contribution is -2.52. The summed E-state index contributed by atoms with van der Waals surface area (Å²) in [5.74, 6) is -0.723. The van der Waals surface area contributed by atoms with Crippen molar-refractivity contribution >= 4 is 17.7 Å². The van der Waals surface area contributed by atoms with Gasteiger partial charge in [-0.15, -0.1) is 0 Å². The Morgan fingerprint density at radius 3 is 2.68 bits per heavy atom. The lowest BCUT2D eigenvalue weighted by Gasteiger charge is -2.29. The lowest BCUT2D eigenvalue weighted by atomic mass is 9.98. The number of nitrogens with two attached hydrogens (primary N) is 1. The maximum Gasteiger partial charge on any atom is 0.255 e. The van der Waals surface area contributed by atoms with Gasteiger partial charge in [0.2, 0.25) is 11.8 Å². The summed E-state index contributed by atoms with van der Waals surface area (Å²) in [6, 6.07) is 5.28. The summed E-state index contributed by atoms with van der Waals surface area (Å²) < 4.78 is 0. The second kappa shape index (κ2) is 7.78. The number of nitrogens with zero attached hydrogens (tertiary/aromatic N) is 1. The molecule has 2 heterocycles. The molecule has 3 rings (SSSR count). The van der Waals surface area contributed by atoms with E-state index in [2.05, 4.69) is 11.4 Å². The molecule has 3 amide bonds. The summed E-state index contributed by atoms with van der Waals surface area (Å²) in [5, 5.41) is 2.34. The average Bonchev–Trinajstić information content (AvgIpc) is 2.92. The van der Waals surface area contributed by atoms with Gasteiger partial charge in [-0.1, -0.05) is 25.0 Å². The molecule has 1 unspecified atom stereocenters. The van der Waals surface area contributed by atoms with Gasteiger partial charge in [0, 0.05) is 18.5 Å². The number of benzene rings is 1. The molecule has 1 aromatic carbocycles. The minimum Gasteiger partial charge on any atom is -0.330 e. The Bertz CT molecular complexity index is 686. The molecule has 25 heavy (non-hydrogen) atoms. The van der Waals surface area contributed by atoms with E-state index in [0.29, 0.717) is 18.5 Å². The van der Waals surface area contributed by atoms with Gasteiger partial charge >= 0.3 is 0 Å². The third kappa shape index (κ3) is 3.74. The van der Waals surface area contributed by atoms with E-state index >= 15 is 0 Å². The average molecular weight is 343 g/mol. The Morgan fingerprint density at radius 1 is 1.12 bits per heavy atom. The SMILES string of the molecule is NCCCCCCc1cccc2c1CN(C1CCC(=O)NC1=O)C2=O. The van der Waals surface area contributed by atoms with Crippen molar-refractivity contribution in [2.45, 2.75) is 57.5 Å². The number of aryl methyl sites for hydroxylation is 1. The molecular formula is C19H25N3O3. The van der Waals surface area contributed by atoms with E-state index in [1.807, 2.05) is 12.1 Å². The Balaban J connectivity index is 1.69. The van der Waals surface area contributed by atoms with Crippen LogP contribution in [0.4, 0.5) is 0 Å². The molecule has 3 N–H and O–H groups in total. The number of piperidine rings is 1. The quantitative estimate of drug-likeness (QED) is 0.580. The number of rotatable bonds is 7. The number of hydrogen-bond donors (Lipinski definition) is 2. The van der Waals surface area contributed by atoms with Crippen molar-refractivity contribution in [1.29, 1.82) is 0 Å². The van der Waals surface area contributed by atoms with Crippen LogP contribution in [0.3, 0.4) is 0 Å². The zero-order chi connectivity index (χ0) is 17.8. The number of nitrogens with one attached hydrogen (secondary N) is 1. The number of imide groups is 1. The van der Waals surface area contributed by atoms with Crippen LogP contribution in [0, 0.1) is 0 Å². The summed E-state index contributed by atoms with van der Waals surface area (Å²) in [4.78, 5) is 37.8. The van der Waals surface area contributed by atoms with Crippen molar-refractivity contribution in [2.24, 2.45) is 5.73 Å². The molecule has 1 aromatic rings. The van der Waals surface area contributed by atoms with Crippen LogP contribution in [0.25, 0.3) is 0 Å². The Kier molecular flexibility index (Phi) is 5.48. The van der Waals surface area contributed by atoms with E-state index in [4.69, 9.17) is 5.73 Å². The van der Waals surface area contributed by atoms with Crippen molar-refractivity contribution in [3.63, 3.8) is 0 Å². The molecule has 0 aliphatic carbocycles. The van der Waals surface area contributed by atoms with Crippen LogP contribution in [-0.4, -0.2) is 35.2 Å². The molecule has 6 nitrogen and oxygen atoms in total. The van der Waals surface area contributed by atoms with Crippen LogP contribution in [-0.2, 0) is 22.6 Å². The Labute approximate surface area is 147 Å². The van der Waals surface area contributed by atoms with Crippen LogP contribution in [0.1, 0.15) is 60.0 Å². The smallest absolute Gasteiger partial charge is 0.255 e. The highest BCUT2D eigenvalue weighted by atomic mass is 16.2. The van der Waals surface area contributed by atoms with E-state index in [0.717, 1.165) is 44.2 Å². The van der Waals surface area contributed by atoms with Crippen LogP contribution in [0.2, 0.25) is 0 Å². The van der Waals surface area contributed by atoms with Crippen LogP contribution in [0.5, 0.6) is 0 Å². The molecule has 134 valence electrons. The minimum absolute atomic E-state index is 0.102. The van der Waals surface area contributed by atoms with Gasteiger partial charge in [0.15, 0.2) is 0 Å². The molecule has 2 aliphatic rings. The first-order chi connectivity index (χ1) is 12.1. The monoisotopic (exact) mass is 343 g/mol. The molecule has 0 saturated carbocycles. The first-order valence-electron chi connectivity index (χ1n) is 9.07. The fraction of sp³-hybridized carbons (Fsp3) is 0.526. The molecule has 1 atom stereocenters. The standard InChI is InChI=1S/C19H25N3O3/c20-11-4-2-1-3-6-13-7-5-8-14-15(13)12-22(19(14)25)16-9-10-17(23)21-18(16)24/h5,7-8,16H,1-4,6,9-12,20H2,(H,21,23,24). The normalized spacial score (nSPS) is 20.0. The fourth-order valence-corrected chi connectivity index (χ4v) is 3.70. The van der Waals surface area contributed by atoms with Crippen molar-refractivity contribution < 1.29 is 14.4 Å². The predicted octanol–water partition coefficient (Wildman–Crippen LogP) is 1.51. The zero-order valence-electron chi connectivity index (χ0n) is 14.4. The summed E-state index contributed by atoms with van der Waals surface area (Å²) in [7, 11) is 0.